The van der Waals surface area contributed by atoms with Gasteiger partial charge in [0.05, 0.1) is 4.92 Å². The van der Waals surface area contributed by atoms with Gasteiger partial charge in [0, 0.05) is 23.9 Å². The third-order valence-electron chi connectivity index (χ3n) is 3.66. The first-order valence-corrected chi connectivity index (χ1v) is 6.72. The summed E-state index contributed by atoms with van der Waals surface area (Å²) >= 11 is 0. The molecule has 0 unspecified atom stereocenters. The minimum atomic E-state index is -0.916. The van der Waals surface area contributed by atoms with Crippen LogP contribution in [0.2, 0.25) is 0 Å². The highest BCUT2D eigenvalue weighted by atomic mass is 16.6. The molecule has 0 aromatic heterocycles. The number of aliphatic carboxylic acids is 1. The number of aryl methyl sites for hydroxylation is 1. The molecule has 6 nitrogen and oxygen atoms in total. The summed E-state index contributed by atoms with van der Waals surface area (Å²) in [7, 11) is 0. The van der Waals surface area contributed by atoms with Gasteiger partial charge < -0.3 is 10.0 Å². The summed E-state index contributed by atoms with van der Waals surface area (Å²) in [5.74, 6) is -0.916. The summed E-state index contributed by atoms with van der Waals surface area (Å²) in [5.41, 5.74) is 1.40. The second-order valence-electron chi connectivity index (χ2n) is 5.24. The Balaban J connectivity index is 2.36. The number of carbonyl (C=O) groups is 1. The van der Waals surface area contributed by atoms with Crippen molar-refractivity contribution in [3.8, 4) is 0 Å². The normalized spacial score (nSPS) is 15.2. The van der Waals surface area contributed by atoms with Crippen LogP contribution in [0.25, 0.3) is 0 Å². The number of benzene rings is 1. The van der Waals surface area contributed by atoms with E-state index in [2.05, 4.69) is 0 Å². The van der Waals surface area contributed by atoms with E-state index in [4.69, 9.17) is 5.11 Å². The predicted octanol–water partition coefficient (Wildman–Crippen LogP) is 2.74. The molecule has 0 radical (unpaired) electrons. The number of nitrogens with zero attached hydrogens (tertiary/aromatic N) is 2. The van der Waals surface area contributed by atoms with Crippen LogP contribution in [0, 0.1) is 17.0 Å². The van der Waals surface area contributed by atoms with Crippen LogP contribution in [0.1, 0.15) is 31.2 Å². The van der Waals surface area contributed by atoms with Crippen molar-refractivity contribution in [1.82, 2.24) is 0 Å². The van der Waals surface area contributed by atoms with E-state index in [1.54, 1.807) is 11.8 Å². The van der Waals surface area contributed by atoms with Gasteiger partial charge in [0.2, 0.25) is 0 Å². The van der Waals surface area contributed by atoms with Gasteiger partial charge in [-0.2, -0.15) is 0 Å². The first-order valence-electron chi connectivity index (χ1n) is 6.72. The molecule has 0 atom stereocenters. The number of carboxylic acid groups (broad SMARTS) is 1. The fourth-order valence-electron chi connectivity index (χ4n) is 2.81. The Labute approximate surface area is 117 Å². The number of anilines is 1. The monoisotopic (exact) mass is 278 g/mol. The number of hydrogen-bond acceptors (Lipinski definition) is 4. The van der Waals surface area contributed by atoms with Crippen molar-refractivity contribution in [3.63, 3.8) is 0 Å². The minimum Gasteiger partial charge on any atom is -0.480 e. The highest BCUT2D eigenvalue weighted by Crippen LogP contribution is 2.31. The second-order valence-corrected chi connectivity index (χ2v) is 5.24. The summed E-state index contributed by atoms with van der Waals surface area (Å²) in [6, 6.07) is 4.94. The zero-order valence-electron chi connectivity index (χ0n) is 11.4. The van der Waals surface area contributed by atoms with Crippen LogP contribution in [-0.4, -0.2) is 28.6 Å². The maximum atomic E-state index is 11.1. The van der Waals surface area contributed by atoms with Crippen molar-refractivity contribution in [2.75, 3.05) is 11.4 Å². The molecule has 2 rings (SSSR count). The quantitative estimate of drug-likeness (QED) is 0.661. The van der Waals surface area contributed by atoms with Gasteiger partial charge in [0.1, 0.15) is 6.54 Å². The van der Waals surface area contributed by atoms with Crippen molar-refractivity contribution in [2.45, 2.75) is 38.6 Å². The lowest BCUT2D eigenvalue weighted by Gasteiger charge is -2.29. The molecule has 1 aliphatic rings. The summed E-state index contributed by atoms with van der Waals surface area (Å²) < 4.78 is 0. The van der Waals surface area contributed by atoms with E-state index in [1.165, 1.54) is 12.1 Å². The van der Waals surface area contributed by atoms with Gasteiger partial charge in [-0.15, -0.1) is 0 Å². The highest BCUT2D eigenvalue weighted by Gasteiger charge is 2.26. The SMILES string of the molecule is Cc1cc(N(CC(=O)O)C2CCCC2)cc([N+](=O)[O-])c1. The van der Waals surface area contributed by atoms with Crippen LogP contribution in [0.15, 0.2) is 18.2 Å². The number of rotatable bonds is 5. The van der Waals surface area contributed by atoms with Gasteiger partial charge in [-0.1, -0.05) is 12.8 Å². The molecule has 6 heteroatoms. The van der Waals surface area contributed by atoms with E-state index >= 15 is 0 Å². The van der Waals surface area contributed by atoms with Crippen molar-refractivity contribution < 1.29 is 14.8 Å². The second kappa shape index (κ2) is 5.90. The maximum Gasteiger partial charge on any atom is 0.323 e. The van der Waals surface area contributed by atoms with Crippen LogP contribution in [0.4, 0.5) is 11.4 Å². The largest absolute Gasteiger partial charge is 0.480 e. The first-order chi connectivity index (χ1) is 9.47. The molecule has 20 heavy (non-hydrogen) atoms. The van der Waals surface area contributed by atoms with Crippen LogP contribution >= 0.6 is 0 Å². The summed E-state index contributed by atoms with van der Waals surface area (Å²) in [6.45, 7) is 1.66. The summed E-state index contributed by atoms with van der Waals surface area (Å²) in [5, 5.41) is 20.0. The Morgan fingerprint density at radius 2 is 2.05 bits per heavy atom. The van der Waals surface area contributed by atoms with Gasteiger partial charge in [-0.05, 0) is 31.4 Å². The maximum absolute atomic E-state index is 11.1. The molecule has 1 aliphatic carbocycles. The van der Waals surface area contributed by atoms with Gasteiger partial charge in [-0.3, -0.25) is 14.9 Å². The van der Waals surface area contributed by atoms with Crippen LogP contribution in [0.3, 0.4) is 0 Å². The van der Waals surface area contributed by atoms with Gasteiger partial charge in [0.25, 0.3) is 5.69 Å². The molecule has 0 aliphatic heterocycles. The van der Waals surface area contributed by atoms with Gasteiger partial charge in [-0.25, -0.2) is 0 Å². The number of nitro benzene ring substituents is 1. The Morgan fingerprint density at radius 3 is 2.60 bits per heavy atom. The average Bonchev–Trinajstić information content (AvgIpc) is 2.88. The molecule has 108 valence electrons. The molecule has 0 saturated heterocycles. The molecular weight excluding hydrogens is 260 g/mol. The fraction of sp³-hybridized carbons (Fsp3) is 0.500. The van der Waals surface area contributed by atoms with E-state index in [-0.39, 0.29) is 18.3 Å². The Morgan fingerprint density at radius 1 is 1.40 bits per heavy atom. The topological polar surface area (TPSA) is 83.7 Å². The van der Waals surface area contributed by atoms with E-state index in [0.717, 1.165) is 31.2 Å². The zero-order chi connectivity index (χ0) is 14.7. The van der Waals surface area contributed by atoms with Crippen LogP contribution in [-0.2, 0) is 4.79 Å². The van der Waals surface area contributed by atoms with E-state index < -0.39 is 10.9 Å². The number of nitro groups is 1. The molecule has 0 amide bonds. The number of non-ortho nitro benzene ring substituents is 1. The molecule has 0 spiro atoms. The van der Waals surface area contributed by atoms with E-state index in [9.17, 15) is 14.9 Å². The van der Waals surface area contributed by atoms with E-state index in [0.29, 0.717) is 5.69 Å². The Kier molecular flexibility index (Phi) is 4.22. The predicted molar refractivity (Wildman–Crippen MR) is 75.1 cm³/mol. The summed E-state index contributed by atoms with van der Waals surface area (Å²) in [4.78, 5) is 23.4. The zero-order valence-corrected chi connectivity index (χ0v) is 11.4. The average molecular weight is 278 g/mol. The molecule has 0 heterocycles. The highest BCUT2D eigenvalue weighted by molar-refractivity contribution is 5.74. The lowest BCUT2D eigenvalue weighted by atomic mass is 10.1. The Bertz CT molecular complexity index is 524. The fourth-order valence-corrected chi connectivity index (χ4v) is 2.81. The van der Waals surface area contributed by atoms with Crippen molar-refractivity contribution in [3.05, 3.63) is 33.9 Å². The van der Waals surface area contributed by atoms with Crippen molar-refractivity contribution in [1.29, 1.82) is 0 Å². The Hall–Kier alpha value is -2.11. The molecule has 1 saturated carbocycles. The molecule has 1 aromatic rings. The first kappa shape index (κ1) is 14.3. The molecular formula is C14H18N2O4. The molecule has 1 aromatic carbocycles. The standard InChI is InChI=1S/C14H18N2O4/c1-10-6-12(8-13(7-10)16(19)20)15(9-14(17)18)11-4-2-3-5-11/h6-8,11H,2-5,9H2,1H3,(H,17,18). The lowest BCUT2D eigenvalue weighted by molar-refractivity contribution is -0.384. The third kappa shape index (κ3) is 3.26. The minimum absolute atomic E-state index is 0.00776. The number of carboxylic acids is 1. The van der Waals surface area contributed by atoms with Crippen LogP contribution in [0.5, 0.6) is 0 Å². The van der Waals surface area contributed by atoms with E-state index in [1.807, 2.05) is 6.07 Å². The van der Waals surface area contributed by atoms with Gasteiger partial charge >= 0.3 is 5.97 Å². The van der Waals surface area contributed by atoms with Crippen LogP contribution < -0.4 is 4.90 Å². The summed E-state index contributed by atoms with van der Waals surface area (Å²) in [6.07, 6.45) is 4.04. The number of hydrogen-bond donors (Lipinski definition) is 1. The smallest absolute Gasteiger partial charge is 0.323 e. The third-order valence-corrected chi connectivity index (χ3v) is 3.66. The lowest BCUT2D eigenvalue weighted by Crippen LogP contribution is -2.37. The van der Waals surface area contributed by atoms with Gasteiger partial charge in [0.15, 0.2) is 0 Å². The molecule has 0 bridgehead atoms. The molecule has 1 fully saturated rings. The molecule has 1 N–H and O–H groups in total. The van der Waals surface area contributed by atoms with Crippen molar-refractivity contribution in [2.24, 2.45) is 0 Å². The van der Waals surface area contributed by atoms with Crippen molar-refractivity contribution >= 4 is 17.3 Å².